The van der Waals surface area contributed by atoms with Crippen LogP contribution in [0.2, 0.25) is 0 Å². The van der Waals surface area contributed by atoms with Gasteiger partial charge < -0.3 is 5.73 Å². The van der Waals surface area contributed by atoms with Crippen LogP contribution in [0.1, 0.15) is 65.5 Å². The molecule has 0 fully saturated rings. The van der Waals surface area contributed by atoms with Gasteiger partial charge in [0.1, 0.15) is 0 Å². The van der Waals surface area contributed by atoms with Gasteiger partial charge in [-0.05, 0) is 48.1 Å². The zero-order valence-electron chi connectivity index (χ0n) is 17.8. The van der Waals surface area contributed by atoms with Crippen molar-refractivity contribution < 1.29 is 0 Å². The first-order chi connectivity index (χ1) is 12.7. The topological polar surface area (TPSA) is 26.0 Å². The third-order valence-corrected chi connectivity index (χ3v) is 3.82. The van der Waals surface area contributed by atoms with Gasteiger partial charge in [-0.3, -0.25) is 0 Å². The lowest BCUT2D eigenvalue weighted by atomic mass is 9.94. The molecule has 0 amide bonds. The van der Waals surface area contributed by atoms with E-state index < -0.39 is 0 Å². The van der Waals surface area contributed by atoms with Gasteiger partial charge in [0, 0.05) is 5.70 Å². The highest BCUT2D eigenvalue weighted by Crippen LogP contribution is 2.27. The van der Waals surface area contributed by atoms with E-state index in [9.17, 15) is 0 Å². The molecule has 0 unspecified atom stereocenters. The molecule has 0 aromatic heterocycles. The minimum atomic E-state index is 0.964. The van der Waals surface area contributed by atoms with Crippen LogP contribution < -0.4 is 5.73 Å². The molecule has 1 nitrogen and oxygen atoms in total. The lowest BCUT2D eigenvalue weighted by Crippen LogP contribution is -2.01. The van der Waals surface area contributed by atoms with Crippen molar-refractivity contribution in [3.63, 3.8) is 0 Å². The molecule has 0 heterocycles. The van der Waals surface area contributed by atoms with Crippen LogP contribution in [0.4, 0.5) is 0 Å². The van der Waals surface area contributed by atoms with Crippen molar-refractivity contribution in [3.05, 3.63) is 77.5 Å². The summed E-state index contributed by atoms with van der Waals surface area (Å²) in [5.74, 6) is 0. The maximum atomic E-state index is 5.80. The van der Waals surface area contributed by atoms with Gasteiger partial charge in [-0.1, -0.05) is 102 Å². The zero-order chi connectivity index (χ0) is 19.9. The van der Waals surface area contributed by atoms with Crippen molar-refractivity contribution in [2.24, 2.45) is 5.73 Å². The Morgan fingerprint density at radius 3 is 1.42 bits per heavy atom. The molecule has 0 saturated heterocycles. The summed E-state index contributed by atoms with van der Waals surface area (Å²) in [5, 5.41) is 0. The largest absolute Gasteiger partial charge is 0.402 e. The minimum Gasteiger partial charge on any atom is -0.402 e. The Balaban J connectivity index is 0.000000948. The normalized spacial score (nSPS) is 12.0. The second-order valence-corrected chi connectivity index (χ2v) is 5.38. The fourth-order valence-electron chi connectivity index (χ4n) is 2.52. The van der Waals surface area contributed by atoms with Gasteiger partial charge in [-0.25, -0.2) is 0 Å². The fourth-order valence-corrected chi connectivity index (χ4v) is 2.52. The second-order valence-electron chi connectivity index (χ2n) is 5.38. The quantitative estimate of drug-likeness (QED) is 0.587. The maximum absolute atomic E-state index is 5.80. The van der Waals surface area contributed by atoms with E-state index in [-0.39, 0.29) is 0 Å². The van der Waals surface area contributed by atoms with E-state index in [4.69, 9.17) is 5.73 Å². The summed E-state index contributed by atoms with van der Waals surface area (Å²) >= 11 is 0. The van der Waals surface area contributed by atoms with Gasteiger partial charge >= 0.3 is 0 Å². The average Bonchev–Trinajstić information content (AvgIpc) is 2.74. The molecule has 0 bridgehead atoms. The summed E-state index contributed by atoms with van der Waals surface area (Å²) in [4.78, 5) is 0. The molecule has 2 aromatic carbocycles. The predicted molar refractivity (Wildman–Crippen MR) is 120 cm³/mol. The van der Waals surface area contributed by atoms with Crippen LogP contribution in [0.25, 0.3) is 16.7 Å². The summed E-state index contributed by atoms with van der Waals surface area (Å²) in [7, 11) is 0. The van der Waals surface area contributed by atoms with Crippen molar-refractivity contribution in [1.82, 2.24) is 0 Å². The molecule has 0 saturated carbocycles. The highest BCUT2D eigenvalue weighted by atomic mass is 14.6. The average molecular weight is 352 g/mol. The molecular weight excluding hydrogens is 314 g/mol. The third kappa shape index (κ3) is 7.31. The first-order valence-corrected chi connectivity index (χ1v) is 10.0. The molecule has 1 heteroatoms. The molecule has 0 radical (unpaired) electrons. The summed E-state index contributed by atoms with van der Waals surface area (Å²) in [6.07, 6.45) is 6.16. The van der Waals surface area contributed by atoms with Gasteiger partial charge in [-0.15, -0.1) is 0 Å². The molecule has 0 spiro atoms. The molecule has 142 valence electrons. The van der Waals surface area contributed by atoms with Crippen molar-refractivity contribution in [1.29, 1.82) is 0 Å². The number of benzene rings is 2. The Bertz CT molecular complexity index is 658. The molecule has 2 aromatic rings. The Kier molecular flexibility index (Phi) is 12.7. The van der Waals surface area contributed by atoms with Crippen LogP contribution in [-0.4, -0.2) is 0 Å². The number of rotatable bonds is 2. The van der Waals surface area contributed by atoms with Crippen molar-refractivity contribution in [3.8, 4) is 11.1 Å². The van der Waals surface area contributed by atoms with Crippen molar-refractivity contribution >= 4 is 5.57 Å². The van der Waals surface area contributed by atoms with Crippen LogP contribution in [0.15, 0.2) is 66.4 Å². The monoisotopic (exact) mass is 351 g/mol. The van der Waals surface area contributed by atoms with E-state index in [0.717, 1.165) is 18.5 Å². The van der Waals surface area contributed by atoms with Crippen LogP contribution in [0.3, 0.4) is 0 Å². The van der Waals surface area contributed by atoms with Crippen molar-refractivity contribution in [2.45, 2.75) is 61.3 Å². The Hall–Kier alpha value is -2.28. The molecule has 1 aliphatic rings. The first-order valence-electron chi connectivity index (χ1n) is 10.0. The number of aryl methyl sites for hydroxylation is 1. The molecule has 26 heavy (non-hydrogen) atoms. The van der Waals surface area contributed by atoms with Gasteiger partial charge in [0.05, 0.1) is 0 Å². The van der Waals surface area contributed by atoms with Crippen LogP contribution in [0.5, 0.6) is 0 Å². The Labute approximate surface area is 161 Å². The van der Waals surface area contributed by atoms with Gasteiger partial charge in [0.15, 0.2) is 0 Å². The van der Waals surface area contributed by atoms with Crippen LogP contribution in [0, 0.1) is 6.92 Å². The standard InChI is InChI=1S/C19H19N.3C2H6/c1-14-2-4-15(5-3-14)16-6-8-17(9-7-16)18-10-12-19(20)13-11-18;3*1-2/h2-10,12H,11,13,20H2,1H3;3*1-2H3. The highest BCUT2D eigenvalue weighted by molar-refractivity contribution is 5.72. The summed E-state index contributed by atoms with van der Waals surface area (Å²) in [5.41, 5.74) is 13.3. The number of allylic oxidation sites excluding steroid dienone is 4. The van der Waals surface area contributed by atoms with E-state index in [0.29, 0.717) is 0 Å². The van der Waals surface area contributed by atoms with Crippen LogP contribution in [-0.2, 0) is 0 Å². The fraction of sp³-hybridized carbons (Fsp3) is 0.360. The summed E-state index contributed by atoms with van der Waals surface area (Å²) in [6.45, 7) is 14.1. The van der Waals surface area contributed by atoms with E-state index >= 15 is 0 Å². The lowest BCUT2D eigenvalue weighted by Gasteiger charge is -2.12. The molecule has 1 aliphatic carbocycles. The number of hydrogen-bond donors (Lipinski definition) is 1. The van der Waals surface area contributed by atoms with Gasteiger partial charge in [0.2, 0.25) is 0 Å². The highest BCUT2D eigenvalue weighted by Gasteiger charge is 2.06. The number of hydrogen-bond acceptors (Lipinski definition) is 1. The molecule has 0 aliphatic heterocycles. The number of nitrogens with two attached hydrogens (primary N) is 1. The Morgan fingerprint density at radius 1 is 0.577 bits per heavy atom. The van der Waals surface area contributed by atoms with E-state index in [1.54, 1.807) is 0 Å². The SMILES string of the molecule is CC.CC.CC.Cc1ccc(-c2ccc(C3=CC=C(N)CC3)cc2)cc1. The van der Waals surface area contributed by atoms with E-state index in [1.165, 1.54) is 27.8 Å². The molecule has 0 atom stereocenters. The summed E-state index contributed by atoms with van der Waals surface area (Å²) in [6, 6.07) is 17.5. The van der Waals surface area contributed by atoms with Crippen molar-refractivity contribution in [2.75, 3.05) is 0 Å². The Morgan fingerprint density at radius 2 is 1.00 bits per heavy atom. The first kappa shape index (κ1) is 23.7. The van der Waals surface area contributed by atoms with E-state index in [1.807, 2.05) is 47.6 Å². The smallest absolute Gasteiger partial charge is 0.00839 e. The lowest BCUT2D eigenvalue weighted by molar-refractivity contribution is 0.958. The molecular formula is C25H37N. The third-order valence-electron chi connectivity index (χ3n) is 3.82. The summed E-state index contributed by atoms with van der Waals surface area (Å²) < 4.78 is 0. The van der Waals surface area contributed by atoms with E-state index in [2.05, 4.69) is 61.5 Å². The zero-order valence-corrected chi connectivity index (χ0v) is 17.8. The predicted octanol–water partition coefficient (Wildman–Crippen LogP) is 7.76. The minimum absolute atomic E-state index is 0.964. The molecule has 3 rings (SSSR count). The second kappa shape index (κ2) is 13.9. The van der Waals surface area contributed by atoms with Gasteiger partial charge in [-0.2, -0.15) is 0 Å². The van der Waals surface area contributed by atoms with Gasteiger partial charge in [0.25, 0.3) is 0 Å². The van der Waals surface area contributed by atoms with Crippen LogP contribution >= 0.6 is 0 Å². The maximum Gasteiger partial charge on any atom is 0.00839 e. The molecule has 2 N–H and O–H groups in total.